The summed E-state index contributed by atoms with van der Waals surface area (Å²) < 4.78 is 0. The van der Waals surface area contributed by atoms with Gasteiger partial charge in [0, 0.05) is 0 Å². The molecule has 0 bridgehead atoms. The molecule has 14 heavy (non-hydrogen) atoms. The van der Waals surface area contributed by atoms with Crippen LogP contribution in [0.5, 0.6) is 0 Å². The Bertz CT molecular complexity index is 257. The molecule has 0 fully saturated rings. The number of rotatable bonds is 2. The van der Waals surface area contributed by atoms with Crippen molar-refractivity contribution in [2.75, 3.05) is 0 Å². The lowest BCUT2D eigenvalue weighted by atomic mass is 9.88. The second-order valence-electron chi connectivity index (χ2n) is 3.57. The molecule has 0 aromatic rings. The molecule has 1 rings (SSSR count). The Kier molecular flexibility index (Phi) is 3.68. The Morgan fingerprint density at radius 3 is 2.50 bits per heavy atom. The van der Waals surface area contributed by atoms with Gasteiger partial charge in [0.25, 0.3) is 0 Å². The Hall–Kier alpha value is -1.32. The minimum atomic E-state index is -0.936. The Morgan fingerprint density at radius 2 is 1.93 bits per heavy atom. The average Bonchev–Trinajstić information content (AvgIpc) is 2.01. The first kappa shape index (κ1) is 10.8. The van der Waals surface area contributed by atoms with E-state index in [-0.39, 0.29) is 6.42 Å². The van der Waals surface area contributed by atoms with E-state index in [1.807, 2.05) is 6.08 Å². The number of hydrogen-bond acceptors (Lipinski definition) is 2. The molecule has 0 saturated heterocycles. The number of hydrogen-bond donors (Lipinski definition) is 2. The Morgan fingerprint density at radius 1 is 1.21 bits per heavy atom. The first-order valence-corrected chi connectivity index (χ1v) is 4.73. The molecule has 4 heteroatoms. The van der Waals surface area contributed by atoms with E-state index >= 15 is 0 Å². The van der Waals surface area contributed by atoms with Gasteiger partial charge in [-0.05, 0) is 25.7 Å². The van der Waals surface area contributed by atoms with Crippen molar-refractivity contribution < 1.29 is 19.8 Å². The molecule has 2 unspecified atom stereocenters. The van der Waals surface area contributed by atoms with Gasteiger partial charge in [-0.3, -0.25) is 9.59 Å². The summed E-state index contributed by atoms with van der Waals surface area (Å²) >= 11 is 0. The third-order valence-corrected chi connectivity index (χ3v) is 2.50. The molecule has 4 nitrogen and oxygen atoms in total. The van der Waals surface area contributed by atoms with Crippen LogP contribution < -0.4 is 0 Å². The zero-order chi connectivity index (χ0) is 10.6. The first-order chi connectivity index (χ1) is 6.61. The van der Waals surface area contributed by atoms with Gasteiger partial charge in [0.2, 0.25) is 0 Å². The van der Waals surface area contributed by atoms with Crippen LogP contribution >= 0.6 is 0 Å². The number of aliphatic carboxylic acids is 2. The molecule has 0 aromatic carbocycles. The lowest BCUT2D eigenvalue weighted by molar-refractivity contribution is -0.144. The summed E-state index contributed by atoms with van der Waals surface area (Å²) in [6.45, 7) is 0. The van der Waals surface area contributed by atoms with Crippen molar-refractivity contribution in [3.8, 4) is 0 Å². The predicted octanol–water partition coefficient (Wildman–Crippen LogP) is 1.52. The fraction of sp³-hybridized carbons (Fsp3) is 0.600. The van der Waals surface area contributed by atoms with Crippen LogP contribution in [0.4, 0.5) is 0 Å². The normalized spacial score (nSPS) is 27.7. The smallest absolute Gasteiger partial charge is 0.310 e. The molecular formula is C10H14O4. The molecule has 0 aliphatic heterocycles. The second-order valence-corrected chi connectivity index (χ2v) is 3.57. The number of carboxylic acids is 2. The highest BCUT2D eigenvalue weighted by atomic mass is 16.4. The zero-order valence-corrected chi connectivity index (χ0v) is 7.85. The molecule has 1 aliphatic carbocycles. The van der Waals surface area contributed by atoms with Crippen LogP contribution in [-0.2, 0) is 9.59 Å². The van der Waals surface area contributed by atoms with Gasteiger partial charge >= 0.3 is 11.9 Å². The highest BCUT2D eigenvalue weighted by molar-refractivity contribution is 5.75. The summed E-state index contributed by atoms with van der Waals surface area (Å²) in [5.41, 5.74) is 0. The van der Waals surface area contributed by atoms with Crippen molar-refractivity contribution in [2.24, 2.45) is 11.8 Å². The highest BCUT2D eigenvalue weighted by Crippen LogP contribution is 2.23. The summed E-state index contributed by atoms with van der Waals surface area (Å²) in [4.78, 5) is 21.5. The monoisotopic (exact) mass is 198 g/mol. The van der Waals surface area contributed by atoms with Crippen molar-refractivity contribution in [3.63, 3.8) is 0 Å². The average molecular weight is 198 g/mol. The molecular weight excluding hydrogens is 184 g/mol. The maximum Gasteiger partial charge on any atom is 0.310 e. The molecule has 0 heterocycles. The van der Waals surface area contributed by atoms with Crippen LogP contribution in [0.2, 0.25) is 0 Å². The molecule has 0 amide bonds. The summed E-state index contributed by atoms with van der Waals surface area (Å²) in [5, 5.41) is 17.6. The fourth-order valence-electron chi connectivity index (χ4n) is 1.65. The molecule has 0 aromatic heterocycles. The number of carbonyl (C=O) groups is 2. The minimum absolute atomic E-state index is 0.209. The number of carboxylic acid groups (broad SMARTS) is 2. The summed E-state index contributed by atoms with van der Waals surface area (Å²) in [6, 6.07) is 0. The van der Waals surface area contributed by atoms with E-state index < -0.39 is 23.8 Å². The van der Waals surface area contributed by atoms with Crippen LogP contribution in [-0.4, -0.2) is 22.2 Å². The molecule has 0 radical (unpaired) electrons. The van der Waals surface area contributed by atoms with Gasteiger partial charge in [0.15, 0.2) is 0 Å². The fourth-order valence-corrected chi connectivity index (χ4v) is 1.65. The van der Waals surface area contributed by atoms with E-state index in [1.54, 1.807) is 6.08 Å². The van der Waals surface area contributed by atoms with Crippen LogP contribution in [0.25, 0.3) is 0 Å². The maximum absolute atomic E-state index is 10.8. The summed E-state index contributed by atoms with van der Waals surface area (Å²) in [7, 11) is 0. The Balaban J connectivity index is 2.70. The van der Waals surface area contributed by atoms with Gasteiger partial charge in [-0.1, -0.05) is 12.2 Å². The standard InChI is InChI=1S/C10H14O4/c11-9(12)7-4-2-1-3-5-8(6-7)10(13)14/h2,4,7-8H,1,3,5-6H2,(H,11,12)(H,13,14). The minimum Gasteiger partial charge on any atom is -0.481 e. The van der Waals surface area contributed by atoms with E-state index in [9.17, 15) is 9.59 Å². The maximum atomic E-state index is 10.8. The van der Waals surface area contributed by atoms with E-state index in [2.05, 4.69) is 0 Å². The van der Waals surface area contributed by atoms with Crippen LogP contribution in [0, 0.1) is 11.8 Å². The topological polar surface area (TPSA) is 74.6 Å². The van der Waals surface area contributed by atoms with Crippen molar-refractivity contribution in [2.45, 2.75) is 25.7 Å². The summed E-state index contributed by atoms with van der Waals surface area (Å²) in [6.07, 6.45) is 5.81. The van der Waals surface area contributed by atoms with Crippen molar-refractivity contribution in [3.05, 3.63) is 12.2 Å². The second kappa shape index (κ2) is 4.79. The van der Waals surface area contributed by atoms with E-state index in [1.165, 1.54) is 0 Å². The first-order valence-electron chi connectivity index (χ1n) is 4.73. The molecule has 0 saturated carbocycles. The quantitative estimate of drug-likeness (QED) is 0.659. The van der Waals surface area contributed by atoms with Crippen molar-refractivity contribution >= 4 is 11.9 Å². The molecule has 1 aliphatic rings. The van der Waals surface area contributed by atoms with Crippen molar-refractivity contribution in [1.29, 1.82) is 0 Å². The van der Waals surface area contributed by atoms with Crippen LogP contribution in [0.15, 0.2) is 12.2 Å². The lowest BCUT2D eigenvalue weighted by Crippen LogP contribution is -2.22. The number of allylic oxidation sites excluding steroid dienone is 1. The highest BCUT2D eigenvalue weighted by Gasteiger charge is 2.25. The van der Waals surface area contributed by atoms with Gasteiger partial charge in [-0.2, -0.15) is 0 Å². The van der Waals surface area contributed by atoms with E-state index in [0.717, 1.165) is 12.8 Å². The SMILES string of the molecule is O=C(O)C1C=CCCCC(C(=O)O)C1. The van der Waals surface area contributed by atoms with Gasteiger partial charge in [0.1, 0.15) is 0 Å². The molecule has 78 valence electrons. The largest absolute Gasteiger partial charge is 0.481 e. The third-order valence-electron chi connectivity index (χ3n) is 2.50. The van der Waals surface area contributed by atoms with Gasteiger partial charge in [-0.15, -0.1) is 0 Å². The third kappa shape index (κ3) is 2.87. The van der Waals surface area contributed by atoms with Crippen LogP contribution in [0.3, 0.4) is 0 Å². The van der Waals surface area contributed by atoms with Gasteiger partial charge in [-0.25, -0.2) is 0 Å². The predicted molar refractivity (Wildman–Crippen MR) is 49.9 cm³/mol. The molecule has 0 spiro atoms. The zero-order valence-electron chi connectivity index (χ0n) is 7.85. The summed E-state index contributed by atoms with van der Waals surface area (Å²) in [5.74, 6) is -2.97. The lowest BCUT2D eigenvalue weighted by Gasteiger charge is -2.17. The van der Waals surface area contributed by atoms with Crippen LogP contribution in [0.1, 0.15) is 25.7 Å². The molecule has 2 N–H and O–H groups in total. The van der Waals surface area contributed by atoms with Crippen molar-refractivity contribution in [1.82, 2.24) is 0 Å². The van der Waals surface area contributed by atoms with E-state index in [0.29, 0.717) is 6.42 Å². The van der Waals surface area contributed by atoms with Gasteiger partial charge < -0.3 is 10.2 Å². The molecule has 2 atom stereocenters. The van der Waals surface area contributed by atoms with Gasteiger partial charge in [0.05, 0.1) is 11.8 Å². The van der Waals surface area contributed by atoms with E-state index in [4.69, 9.17) is 10.2 Å². The Labute approximate surface area is 82.2 Å².